The van der Waals surface area contributed by atoms with Crippen LogP contribution in [0.25, 0.3) is 0 Å². The van der Waals surface area contributed by atoms with Crippen LogP contribution in [0.4, 0.5) is 13.2 Å². The van der Waals surface area contributed by atoms with E-state index in [4.69, 9.17) is 0 Å². The second-order valence-corrected chi connectivity index (χ2v) is 3.07. The zero-order chi connectivity index (χ0) is 9.19. The highest BCUT2D eigenvalue weighted by atomic mass is 35.5. The Morgan fingerprint density at radius 1 is 1.38 bits per heavy atom. The van der Waals surface area contributed by atoms with Gasteiger partial charge in [-0.25, -0.2) is 0 Å². The minimum Gasteiger partial charge on any atom is -0.314 e. The predicted octanol–water partition coefficient (Wildman–Crippen LogP) is 2.09. The number of ether oxygens (including phenoxy) is 1. The second-order valence-electron chi connectivity index (χ2n) is 3.07. The summed E-state index contributed by atoms with van der Waals surface area (Å²) in [6, 6.07) is 0.117. The summed E-state index contributed by atoms with van der Waals surface area (Å²) in [5.41, 5.74) is 0. The van der Waals surface area contributed by atoms with Gasteiger partial charge in [0.1, 0.15) is 0 Å². The van der Waals surface area contributed by atoms with Gasteiger partial charge >= 0.3 is 6.36 Å². The van der Waals surface area contributed by atoms with Crippen molar-refractivity contribution in [2.45, 2.75) is 38.3 Å². The maximum absolute atomic E-state index is 11.7. The lowest BCUT2D eigenvalue weighted by Gasteiger charge is -2.28. The lowest BCUT2D eigenvalue weighted by molar-refractivity contribution is -0.345. The Bertz CT molecular complexity index is 153. The lowest BCUT2D eigenvalue weighted by Crippen LogP contribution is -2.41. The molecule has 1 fully saturated rings. The Morgan fingerprint density at radius 3 is 2.46 bits per heavy atom. The lowest BCUT2D eigenvalue weighted by atomic mass is 10.0. The van der Waals surface area contributed by atoms with Gasteiger partial charge in [-0.1, -0.05) is 0 Å². The first-order chi connectivity index (χ1) is 5.47. The predicted molar refractivity (Wildman–Crippen MR) is 44.9 cm³/mol. The van der Waals surface area contributed by atoms with Crippen LogP contribution in [0.5, 0.6) is 0 Å². The van der Waals surface area contributed by atoms with Crippen molar-refractivity contribution in [3.05, 3.63) is 0 Å². The quantitative estimate of drug-likeness (QED) is 0.729. The molecule has 80 valence electrons. The summed E-state index contributed by atoms with van der Waals surface area (Å²) >= 11 is 0. The second kappa shape index (κ2) is 5.02. The van der Waals surface area contributed by atoms with Crippen molar-refractivity contribution in [3.63, 3.8) is 0 Å². The van der Waals surface area contributed by atoms with Crippen LogP contribution in [0.2, 0.25) is 0 Å². The topological polar surface area (TPSA) is 21.3 Å². The third-order valence-electron chi connectivity index (χ3n) is 1.88. The van der Waals surface area contributed by atoms with E-state index in [9.17, 15) is 13.2 Å². The van der Waals surface area contributed by atoms with Gasteiger partial charge in [0.2, 0.25) is 0 Å². The van der Waals surface area contributed by atoms with E-state index in [2.05, 4.69) is 10.1 Å². The average Bonchev–Trinajstić information content (AvgIpc) is 1.82. The number of piperidine rings is 1. The fourth-order valence-electron chi connectivity index (χ4n) is 1.38. The van der Waals surface area contributed by atoms with Crippen molar-refractivity contribution in [3.8, 4) is 0 Å². The highest BCUT2D eigenvalue weighted by Crippen LogP contribution is 2.23. The third kappa shape index (κ3) is 5.33. The molecule has 1 saturated heterocycles. The summed E-state index contributed by atoms with van der Waals surface area (Å²) < 4.78 is 39.1. The minimum atomic E-state index is -4.48. The van der Waals surface area contributed by atoms with Gasteiger partial charge in [0.25, 0.3) is 0 Å². The number of hydrogen-bond acceptors (Lipinski definition) is 2. The smallest absolute Gasteiger partial charge is 0.314 e. The molecular weight excluding hydrogens is 207 g/mol. The highest BCUT2D eigenvalue weighted by Gasteiger charge is 2.34. The molecule has 1 rings (SSSR count). The average molecular weight is 220 g/mol. The van der Waals surface area contributed by atoms with E-state index in [1.165, 1.54) is 0 Å². The maximum Gasteiger partial charge on any atom is 0.522 e. The van der Waals surface area contributed by atoms with Gasteiger partial charge in [0.05, 0.1) is 6.10 Å². The molecular formula is C7H13ClF3NO. The van der Waals surface area contributed by atoms with Gasteiger partial charge in [-0.3, -0.25) is 4.74 Å². The van der Waals surface area contributed by atoms with Gasteiger partial charge in [0, 0.05) is 6.04 Å². The zero-order valence-corrected chi connectivity index (χ0v) is 8.04. The van der Waals surface area contributed by atoms with Crippen LogP contribution in [0.1, 0.15) is 19.8 Å². The molecule has 1 heterocycles. The molecule has 0 aromatic rings. The Labute approximate surface area is 81.2 Å². The minimum absolute atomic E-state index is 0. The Balaban J connectivity index is 0.00000144. The number of halogens is 4. The van der Waals surface area contributed by atoms with E-state index >= 15 is 0 Å². The molecule has 0 spiro atoms. The van der Waals surface area contributed by atoms with E-state index in [-0.39, 0.29) is 18.4 Å². The Morgan fingerprint density at radius 2 is 2.00 bits per heavy atom. The van der Waals surface area contributed by atoms with Gasteiger partial charge in [-0.05, 0) is 26.3 Å². The van der Waals surface area contributed by atoms with E-state index in [0.29, 0.717) is 19.4 Å². The van der Waals surface area contributed by atoms with Crippen molar-refractivity contribution in [2.75, 3.05) is 6.54 Å². The molecule has 0 saturated carbocycles. The van der Waals surface area contributed by atoms with E-state index in [1.807, 2.05) is 6.92 Å². The summed E-state index contributed by atoms with van der Waals surface area (Å²) in [4.78, 5) is 0. The van der Waals surface area contributed by atoms with Gasteiger partial charge in [-0.15, -0.1) is 25.6 Å². The Kier molecular flexibility index (Phi) is 5.02. The molecule has 1 aliphatic heterocycles. The molecule has 0 aliphatic carbocycles. The van der Waals surface area contributed by atoms with E-state index < -0.39 is 12.5 Å². The first kappa shape index (κ1) is 13.0. The number of hydrogen-bond donors (Lipinski definition) is 1. The number of nitrogens with one attached hydrogen (secondary N) is 1. The molecule has 6 heteroatoms. The zero-order valence-electron chi connectivity index (χ0n) is 7.23. The van der Waals surface area contributed by atoms with Crippen LogP contribution >= 0.6 is 12.4 Å². The van der Waals surface area contributed by atoms with Gasteiger partial charge < -0.3 is 5.32 Å². The van der Waals surface area contributed by atoms with Crippen LogP contribution in [-0.4, -0.2) is 25.1 Å². The van der Waals surface area contributed by atoms with E-state index in [1.54, 1.807) is 0 Å². The molecule has 0 aromatic carbocycles. The van der Waals surface area contributed by atoms with Crippen LogP contribution in [0, 0.1) is 0 Å². The Hall–Kier alpha value is 0. The summed E-state index contributed by atoms with van der Waals surface area (Å²) in [5, 5.41) is 3.05. The summed E-state index contributed by atoms with van der Waals surface area (Å²) in [6.07, 6.45) is -4.29. The van der Waals surface area contributed by atoms with Crippen molar-refractivity contribution in [1.82, 2.24) is 5.32 Å². The number of rotatable bonds is 1. The molecule has 0 amide bonds. The monoisotopic (exact) mass is 219 g/mol. The first-order valence-electron chi connectivity index (χ1n) is 3.95. The van der Waals surface area contributed by atoms with Crippen molar-refractivity contribution in [2.24, 2.45) is 0 Å². The standard InChI is InChI=1S/C7H12F3NO.ClH/c1-5-4-6(2-3-11-5)12-7(8,9)10;/h5-6,11H,2-4H2,1H3;1H/t5-,6+;/m0./s1. The SMILES string of the molecule is C[C@H]1C[C@H](OC(F)(F)F)CCN1.Cl. The van der Waals surface area contributed by atoms with Gasteiger partial charge in [0.15, 0.2) is 0 Å². The molecule has 0 radical (unpaired) electrons. The van der Waals surface area contributed by atoms with Crippen LogP contribution < -0.4 is 5.32 Å². The molecule has 1 N–H and O–H groups in total. The molecule has 1 aliphatic rings. The van der Waals surface area contributed by atoms with Crippen molar-refractivity contribution >= 4 is 12.4 Å². The molecule has 0 unspecified atom stereocenters. The first-order valence-corrected chi connectivity index (χ1v) is 3.95. The van der Waals surface area contributed by atoms with E-state index in [0.717, 1.165) is 0 Å². The van der Waals surface area contributed by atoms with Gasteiger partial charge in [-0.2, -0.15) is 0 Å². The fourth-order valence-corrected chi connectivity index (χ4v) is 1.38. The fraction of sp³-hybridized carbons (Fsp3) is 1.00. The van der Waals surface area contributed by atoms with Crippen molar-refractivity contribution < 1.29 is 17.9 Å². The summed E-state index contributed by atoms with van der Waals surface area (Å²) in [6.45, 7) is 2.45. The highest BCUT2D eigenvalue weighted by molar-refractivity contribution is 5.85. The summed E-state index contributed by atoms with van der Waals surface area (Å²) in [7, 11) is 0. The molecule has 0 aromatic heterocycles. The van der Waals surface area contributed by atoms with Crippen molar-refractivity contribution in [1.29, 1.82) is 0 Å². The molecule has 2 nitrogen and oxygen atoms in total. The third-order valence-corrected chi connectivity index (χ3v) is 1.88. The molecule has 2 atom stereocenters. The largest absolute Gasteiger partial charge is 0.522 e. The maximum atomic E-state index is 11.7. The van der Waals surface area contributed by atoms with Crippen LogP contribution in [0.15, 0.2) is 0 Å². The number of alkyl halides is 3. The van der Waals surface area contributed by atoms with Crippen LogP contribution in [-0.2, 0) is 4.74 Å². The molecule has 0 bridgehead atoms. The van der Waals surface area contributed by atoms with Crippen LogP contribution in [0.3, 0.4) is 0 Å². The normalized spacial score (nSPS) is 29.5. The molecule has 13 heavy (non-hydrogen) atoms. The summed E-state index contributed by atoms with van der Waals surface area (Å²) in [5.74, 6) is 0.